The largest absolute Gasteiger partial charge is 0.463 e. The fourth-order valence-corrected chi connectivity index (χ4v) is 4.35. The Bertz CT molecular complexity index is 425. The number of hydrogen-bond acceptors (Lipinski definition) is 4. The summed E-state index contributed by atoms with van der Waals surface area (Å²) in [5, 5.41) is 0. The molecular weight excluding hydrogens is 264 g/mol. The molecule has 3 rings (SSSR count). The number of hydrogen-bond donors (Lipinski definition) is 2. The first-order valence-electron chi connectivity index (χ1n) is 7.39. The van der Waals surface area contributed by atoms with Crippen molar-refractivity contribution in [3.8, 4) is 25.7 Å². The number of esters is 1. The Labute approximate surface area is 128 Å². The van der Waals surface area contributed by atoms with Gasteiger partial charge in [0.25, 0.3) is 0 Å². The molecule has 0 radical (unpaired) electrons. The summed E-state index contributed by atoms with van der Waals surface area (Å²) >= 11 is 0. The van der Waals surface area contributed by atoms with Crippen LogP contribution in [0.4, 0.5) is 0 Å². The summed E-state index contributed by atoms with van der Waals surface area (Å²) in [5.41, 5.74) is 12.4. The van der Waals surface area contributed by atoms with Crippen molar-refractivity contribution >= 4 is 5.97 Å². The highest BCUT2D eigenvalue weighted by molar-refractivity contribution is 5.77. The van der Waals surface area contributed by atoms with E-state index in [9.17, 15) is 4.79 Å². The minimum Gasteiger partial charge on any atom is -0.463 e. The molecule has 21 heavy (non-hydrogen) atoms. The second-order valence-electron chi connectivity index (χ2n) is 6.29. The van der Waals surface area contributed by atoms with Crippen LogP contribution in [0.25, 0.3) is 0 Å². The molecule has 0 amide bonds. The van der Waals surface area contributed by atoms with Gasteiger partial charge in [0.05, 0.1) is 11.5 Å². The van der Waals surface area contributed by atoms with Crippen LogP contribution in [-0.4, -0.2) is 23.7 Å². The van der Waals surface area contributed by atoms with Crippen LogP contribution in [0.2, 0.25) is 0 Å². The van der Waals surface area contributed by atoms with Crippen molar-refractivity contribution in [2.24, 2.45) is 29.2 Å². The summed E-state index contributed by atoms with van der Waals surface area (Å²) in [6.07, 6.45) is 21.4. The maximum atomic E-state index is 11.8. The zero-order chi connectivity index (χ0) is 16.3. The van der Waals surface area contributed by atoms with Gasteiger partial charge in [-0.1, -0.05) is 19.8 Å². The molecule has 5 atom stereocenters. The molecule has 1 unspecified atom stereocenters. The van der Waals surface area contributed by atoms with Gasteiger partial charge in [-0.3, -0.25) is 4.79 Å². The van der Waals surface area contributed by atoms with E-state index < -0.39 is 5.54 Å². The summed E-state index contributed by atoms with van der Waals surface area (Å²) in [6.45, 7) is 2.47. The van der Waals surface area contributed by atoms with Gasteiger partial charge in [0.15, 0.2) is 0 Å². The third-order valence-corrected chi connectivity index (χ3v) is 5.70. The van der Waals surface area contributed by atoms with Crippen LogP contribution in [0, 0.1) is 43.4 Å². The van der Waals surface area contributed by atoms with Crippen molar-refractivity contribution in [1.29, 1.82) is 0 Å². The molecule has 0 aromatic rings. The van der Waals surface area contributed by atoms with Gasteiger partial charge in [0.2, 0.25) is 0 Å². The minimum absolute atomic E-state index is 0.105. The Morgan fingerprint density at radius 2 is 1.76 bits per heavy atom. The van der Waals surface area contributed by atoms with E-state index in [1.54, 1.807) is 0 Å². The van der Waals surface area contributed by atoms with Gasteiger partial charge < -0.3 is 16.2 Å². The van der Waals surface area contributed by atoms with Gasteiger partial charge in [0, 0.05) is 5.54 Å². The van der Waals surface area contributed by atoms with E-state index in [1.807, 2.05) is 0 Å². The summed E-state index contributed by atoms with van der Waals surface area (Å²) in [6, 6.07) is 0. The van der Waals surface area contributed by atoms with E-state index in [1.165, 1.54) is 12.8 Å². The van der Waals surface area contributed by atoms with Crippen molar-refractivity contribution in [2.45, 2.75) is 50.1 Å². The van der Waals surface area contributed by atoms with Crippen LogP contribution < -0.4 is 11.5 Å². The van der Waals surface area contributed by atoms with E-state index in [0.717, 1.165) is 19.3 Å². The Hall–Kier alpha value is -1.49. The predicted molar refractivity (Wildman–Crippen MR) is 83.8 cm³/mol. The number of nitrogens with two attached hydrogens (primary N) is 2. The molecule has 3 fully saturated rings. The van der Waals surface area contributed by atoms with Gasteiger partial charge >= 0.3 is 5.97 Å². The molecule has 116 valence electrons. The second kappa shape index (κ2) is 6.52. The normalized spacial score (nSPS) is 43.8. The fourth-order valence-electron chi connectivity index (χ4n) is 4.35. The Morgan fingerprint density at radius 3 is 2.38 bits per heavy atom. The van der Waals surface area contributed by atoms with E-state index in [0.29, 0.717) is 12.5 Å². The van der Waals surface area contributed by atoms with Crippen molar-refractivity contribution in [1.82, 2.24) is 0 Å². The predicted octanol–water partition coefficient (Wildman–Crippen LogP) is 1.28. The van der Waals surface area contributed by atoms with E-state index in [2.05, 4.69) is 32.6 Å². The molecule has 0 spiro atoms. The highest BCUT2D eigenvalue weighted by atomic mass is 16.5. The first-order valence-corrected chi connectivity index (χ1v) is 7.39. The number of rotatable bonds is 0. The SMILES string of the molecule is C#C.C#C.C[C@H]1[C@@]2(N)COC(=O)[C@H]2CC2CCCC[C@@]21N. The zero-order valence-corrected chi connectivity index (χ0v) is 12.8. The Morgan fingerprint density at radius 1 is 1.14 bits per heavy atom. The number of cyclic esters (lactones) is 1. The first-order chi connectivity index (χ1) is 9.98. The molecule has 4 N–H and O–H groups in total. The number of carbonyl (C=O) groups excluding carboxylic acids is 1. The molecule has 1 heterocycles. The van der Waals surface area contributed by atoms with E-state index >= 15 is 0 Å². The van der Waals surface area contributed by atoms with Crippen LogP contribution in [0.1, 0.15) is 39.0 Å². The number of terminal acetylenes is 2. The molecule has 4 heteroatoms. The van der Waals surface area contributed by atoms with Gasteiger partial charge in [-0.05, 0) is 31.1 Å². The van der Waals surface area contributed by atoms with Crippen LogP contribution in [0.15, 0.2) is 0 Å². The van der Waals surface area contributed by atoms with Crippen LogP contribution in [0.5, 0.6) is 0 Å². The van der Waals surface area contributed by atoms with Gasteiger partial charge in [-0.2, -0.15) is 0 Å². The Balaban J connectivity index is 0.000000510. The molecule has 2 saturated carbocycles. The van der Waals surface area contributed by atoms with E-state index in [4.69, 9.17) is 16.2 Å². The topological polar surface area (TPSA) is 78.3 Å². The lowest BCUT2D eigenvalue weighted by Crippen LogP contribution is -2.70. The summed E-state index contributed by atoms with van der Waals surface area (Å²) in [7, 11) is 0. The summed E-state index contributed by atoms with van der Waals surface area (Å²) < 4.78 is 5.20. The molecule has 0 aromatic heterocycles. The minimum atomic E-state index is -0.528. The molecule has 3 aliphatic rings. The average Bonchev–Trinajstić information content (AvgIpc) is 2.82. The standard InChI is InChI=1S/C13H22N2O2.2C2H2/c1-8-12(14)5-3-2-4-9(12)6-10-11(16)17-7-13(8,10)15;2*1-2/h8-10H,2-7,14-15H2,1H3;2*1-2H/t8-,9?,10-,12+,13+;;/m1../s1. The molecular formula is C17H26N2O2. The van der Waals surface area contributed by atoms with Crippen LogP contribution >= 0.6 is 0 Å². The molecule has 1 saturated heterocycles. The quantitative estimate of drug-likeness (QED) is 0.520. The van der Waals surface area contributed by atoms with Crippen molar-refractivity contribution in [3.63, 3.8) is 0 Å². The van der Waals surface area contributed by atoms with E-state index in [-0.39, 0.29) is 23.3 Å². The Kier molecular flexibility index (Phi) is 5.45. The molecule has 4 nitrogen and oxygen atoms in total. The lowest BCUT2D eigenvalue weighted by molar-refractivity contribution is -0.142. The average molecular weight is 290 g/mol. The van der Waals surface area contributed by atoms with Gasteiger partial charge in [-0.15, -0.1) is 25.7 Å². The lowest BCUT2D eigenvalue weighted by Gasteiger charge is -2.56. The fraction of sp³-hybridized carbons (Fsp3) is 0.706. The van der Waals surface area contributed by atoms with Crippen molar-refractivity contribution in [3.05, 3.63) is 0 Å². The van der Waals surface area contributed by atoms with Gasteiger partial charge in [-0.25, -0.2) is 0 Å². The van der Waals surface area contributed by atoms with Crippen LogP contribution in [0.3, 0.4) is 0 Å². The van der Waals surface area contributed by atoms with Gasteiger partial charge in [0.1, 0.15) is 6.61 Å². The number of carbonyl (C=O) groups is 1. The molecule has 1 aliphatic heterocycles. The summed E-state index contributed by atoms with van der Waals surface area (Å²) in [5.74, 6) is 0.369. The third-order valence-electron chi connectivity index (χ3n) is 5.70. The third kappa shape index (κ3) is 2.55. The van der Waals surface area contributed by atoms with Crippen molar-refractivity contribution < 1.29 is 9.53 Å². The molecule has 0 bridgehead atoms. The van der Waals surface area contributed by atoms with Crippen LogP contribution in [-0.2, 0) is 9.53 Å². The molecule has 2 aliphatic carbocycles. The zero-order valence-electron chi connectivity index (χ0n) is 12.8. The second-order valence-corrected chi connectivity index (χ2v) is 6.29. The maximum Gasteiger partial charge on any atom is 0.311 e. The monoisotopic (exact) mass is 290 g/mol. The number of ether oxygens (including phenoxy) is 1. The molecule has 0 aromatic carbocycles. The highest BCUT2D eigenvalue weighted by Crippen LogP contribution is 2.52. The summed E-state index contributed by atoms with van der Waals surface area (Å²) in [4.78, 5) is 11.8. The number of fused-ring (bicyclic) bond motifs is 2. The highest BCUT2D eigenvalue weighted by Gasteiger charge is 2.62. The first kappa shape index (κ1) is 17.6. The lowest BCUT2D eigenvalue weighted by atomic mass is 9.52. The smallest absolute Gasteiger partial charge is 0.311 e. The van der Waals surface area contributed by atoms with Crippen molar-refractivity contribution in [2.75, 3.05) is 6.61 Å². The maximum absolute atomic E-state index is 11.8.